The van der Waals surface area contributed by atoms with Gasteiger partial charge in [0, 0.05) is 22.0 Å². The predicted octanol–water partition coefficient (Wildman–Crippen LogP) is 3.21. The zero-order valence-electron chi connectivity index (χ0n) is 12.6. The highest BCUT2D eigenvalue weighted by Gasteiger charge is 2.45. The first-order valence-electron chi connectivity index (χ1n) is 7.41. The summed E-state index contributed by atoms with van der Waals surface area (Å²) >= 11 is 3.38. The summed E-state index contributed by atoms with van der Waals surface area (Å²) in [5.41, 5.74) is 1.70. The molecule has 0 saturated heterocycles. The van der Waals surface area contributed by atoms with Gasteiger partial charge in [0.1, 0.15) is 5.76 Å². The highest BCUT2D eigenvalue weighted by molar-refractivity contribution is 9.10. The Morgan fingerprint density at radius 3 is 2.87 bits per heavy atom. The second-order valence-corrected chi connectivity index (χ2v) is 6.61. The number of furan rings is 1. The lowest BCUT2D eigenvalue weighted by atomic mass is 10.2. The molecule has 1 aromatic carbocycles. The number of rotatable bonds is 5. The van der Waals surface area contributed by atoms with Crippen LogP contribution >= 0.6 is 15.9 Å². The molecule has 6 heteroatoms. The van der Waals surface area contributed by atoms with E-state index in [0.29, 0.717) is 0 Å². The van der Waals surface area contributed by atoms with Gasteiger partial charge in [0.15, 0.2) is 0 Å². The second kappa shape index (κ2) is 6.58. The van der Waals surface area contributed by atoms with E-state index >= 15 is 0 Å². The van der Waals surface area contributed by atoms with Crippen molar-refractivity contribution in [3.05, 3.63) is 52.4 Å². The van der Waals surface area contributed by atoms with Crippen LogP contribution in [0.3, 0.4) is 0 Å². The summed E-state index contributed by atoms with van der Waals surface area (Å²) in [4.78, 5) is 24.0. The molecule has 1 fully saturated rings. The highest BCUT2D eigenvalue weighted by atomic mass is 79.9. The van der Waals surface area contributed by atoms with Crippen LogP contribution in [0.25, 0.3) is 0 Å². The molecular weight excluding hydrogens is 360 g/mol. The number of hydrogen-bond acceptors (Lipinski definition) is 3. The van der Waals surface area contributed by atoms with Crippen LogP contribution in [0.5, 0.6) is 0 Å². The van der Waals surface area contributed by atoms with Gasteiger partial charge in [-0.15, -0.1) is 0 Å². The van der Waals surface area contributed by atoms with Gasteiger partial charge in [0.2, 0.25) is 11.8 Å². The summed E-state index contributed by atoms with van der Waals surface area (Å²) in [5, 5.41) is 5.48. The van der Waals surface area contributed by atoms with Gasteiger partial charge in [-0.25, -0.2) is 0 Å². The van der Waals surface area contributed by atoms with Crippen LogP contribution in [0.4, 0.5) is 5.69 Å². The molecule has 1 aliphatic rings. The van der Waals surface area contributed by atoms with E-state index in [9.17, 15) is 9.59 Å². The monoisotopic (exact) mass is 376 g/mol. The Labute approximate surface area is 142 Å². The van der Waals surface area contributed by atoms with E-state index in [1.165, 1.54) is 0 Å². The maximum Gasteiger partial charge on any atom is 0.243 e. The molecule has 0 spiro atoms. The number of benzene rings is 1. The molecule has 2 unspecified atom stereocenters. The molecular formula is C17H17BrN2O3. The standard InChI is InChI=1S/C17H17BrN2O3/c1-10-7-11(18)4-5-14(10)20-16(21)9-19-17(22)13-8-12(13)15-3-2-6-23-15/h2-7,12-13H,8-9H2,1H3,(H,19,22)(H,20,21). The van der Waals surface area contributed by atoms with E-state index in [1.807, 2.05) is 37.3 Å². The number of anilines is 1. The summed E-state index contributed by atoms with van der Waals surface area (Å²) in [7, 11) is 0. The molecule has 23 heavy (non-hydrogen) atoms. The molecule has 1 heterocycles. The third-order valence-electron chi connectivity index (χ3n) is 3.92. The Morgan fingerprint density at radius 2 is 2.17 bits per heavy atom. The minimum Gasteiger partial charge on any atom is -0.469 e. The van der Waals surface area contributed by atoms with Gasteiger partial charge in [0.25, 0.3) is 0 Å². The minimum atomic E-state index is -0.237. The summed E-state index contributed by atoms with van der Waals surface area (Å²) in [6.45, 7) is 1.88. The van der Waals surface area contributed by atoms with Crippen molar-refractivity contribution in [1.29, 1.82) is 0 Å². The molecule has 120 valence electrons. The third kappa shape index (κ3) is 3.82. The van der Waals surface area contributed by atoms with Crippen molar-refractivity contribution in [2.45, 2.75) is 19.3 Å². The molecule has 0 bridgehead atoms. The zero-order chi connectivity index (χ0) is 16.4. The summed E-state index contributed by atoms with van der Waals surface area (Å²) < 4.78 is 6.26. The maximum atomic E-state index is 12.0. The Kier molecular flexibility index (Phi) is 4.52. The largest absolute Gasteiger partial charge is 0.469 e. The van der Waals surface area contributed by atoms with Crippen LogP contribution in [0.1, 0.15) is 23.7 Å². The average molecular weight is 377 g/mol. The van der Waals surface area contributed by atoms with Crippen LogP contribution < -0.4 is 10.6 Å². The predicted molar refractivity (Wildman–Crippen MR) is 90.1 cm³/mol. The van der Waals surface area contributed by atoms with Crippen LogP contribution in [0.2, 0.25) is 0 Å². The Balaban J connectivity index is 1.47. The molecule has 1 aliphatic carbocycles. The van der Waals surface area contributed by atoms with Crippen molar-refractivity contribution >= 4 is 33.4 Å². The fraction of sp³-hybridized carbons (Fsp3) is 0.294. The lowest BCUT2D eigenvalue weighted by Gasteiger charge is -2.09. The molecule has 5 nitrogen and oxygen atoms in total. The van der Waals surface area contributed by atoms with Crippen LogP contribution in [-0.4, -0.2) is 18.4 Å². The molecule has 2 aromatic rings. The first kappa shape index (κ1) is 15.8. The van der Waals surface area contributed by atoms with E-state index in [1.54, 1.807) is 6.26 Å². The number of aryl methyl sites for hydroxylation is 1. The van der Waals surface area contributed by atoms with Gasteiger partial charge in [-0.1, -0.05) is 15.9 Å². The summed E-state index contributed by atoms with van der Waals surface area (Å²) in [6, 6.07) is 9.30. The Bertz CT molecular complexity index is 727. The van der Waals surface area contributed by atoms with Gasteiger partial charge < -0.3 is 15.1 Å². The normalized spacial score (nSPS) is 19.2. The average Bonchev–Trinajstić information content (AvgIpc) is 3.13. The number of carbonyl (C=O) groups is 2. The van der Waals surface area contributed by atoms with E-state index in [0.717, 1.165) is 27.9 Å². The molecule has 0 radical (unpaired) electrons. The molecule has 1 aromatic heterocycles. The third-order valence-corrected chi connectivity index (χ3v) is 4.41. The lowest BCUT2D eigenvalue weighted by molar-refractivity contribution is -0.125. The van der Waals surface area contributed by atoms with Gasteiger partial charge in [-0.2, -0.15) is 0 Å². The molecule has 2 N–H and O–H groups in total. The number of amides is 2. The van der Waals surface area contributed by atoms with Crippen molar-refractivity contribution in [2.75, 3.05) is 11.9 Å². The van der Waals surface area contributed by atoms with Gasteiger partial charge in [0.05, 0.1) is 12.8 Å². The highest BCUT2D eigenvalue weighted by Crippen LogP contribution is 2.47. The van der Waals surface area contributed by atoms with Crippen LogP contribution in [0.15, 0.2) is 45.5 Å². The summed E-state index contributed by atoms with van der Waals surface area (Å²) in [5.74, 6) is 0.540. The molecule has 0 aliphatic heterocycles. The Hall–Kier alpha value is -2.08. The van der Waals surface area contributed by atoms with Crippen molar-refractivity contribution in [1.82, 2.24) is 5.32 Å². The maximum absolute atomic E-state index is 12.0. The van der Waals surface area contributed by atoms with E-state index < -0.39 is 0 Å². The topological polar surface area (TPSA) is 71.3 Å². The minimum absolute atomic E-state index is 0.0320. The quantitative estimate of drug-likeness (QED) is 0.841. The van der Waals surface area contributed by atoms with Crippen molar-refractivity contribution in [3.63, 3.8) is 0 Å². The summed E-state index contributed by atoms with van der Waals surface area (Å²) in [6.07, 6.45) is 2.38. The fourth-order valence-electron chi connectivity index (χ4n) is 2.56. The zero-order valence-corrected chi connectivity index (χ0v) is 14.2. The first-order chi connectivity index (χ1) is 11.0. The van der Waals surface area contributed by atoms with Gasteiger partial charge >= 0.3 is 0 Å². The van der Waals surface area contributed by atoms with E-state index in [4.69, 9.17) is 4.42 Å². The SMILES string of the molecule is Cc1cc(Br)ccc1NC(=O)CNC(=O)C1CC1c1ccco1. The molecule has 2 amide bonds. The second-order valence-electron chi connectivity index (χ2n) is 5.69. The number of carbonyl (C=O) groups excluding carboxylic acids is 2. The van der Waals surface area contributed by atoms with E-state index in [2.05, 4.69) is 26.6 Å². The van der Waals surface area contributed by atoms with Gasteiger partial charge in [-0.05, 0) is 49.2 Å². The smallest absolute Gasteiger partial charge is 0.243 e. The van der Waals surface area contributed by atoms with Crippen LogP contribution in [-0.2, 0) is 9.59 Å². The fourth-order valence-corrected chi connectivity index (χ4v) is 3.04. The number of hydrogen-bond donors (Lipinski definition) is 2. The molecule has 3 rings (SSSR count). The molecule has 1 saturated carbocycles. The van der Waals surface area contributed by atoms with Crippen molar-refractivity contribution < 1.29 is 14.0 Å². The van der Waals surface area contributed by atoms with Crippen molar-refractivity contribution in [2.24, 2.45) is 5.92 Å². The number of nitrogens with one attached hydrogen (secondary N) is 2. The first-order valence-corrected chi connectivity index (χ1v) is 8.21. The van der Waals surface area contributed by atoms with Crippen molar-refractivity contribution in [3.8, 4) is 0 Å². The van der Waals surface area contributed by atoms with Gasteiger partial charge in [-0.3, -0.25) is 9.59 Å². The lowest BCUT2D eigenvalue weighted by Crippen LogP contribution is -2.34. The Morgan fingerprint density at radius 1 is 1.35 bits per heavy atom. The number of halogens is 1. The van der Waals surface area contributed by atoms with E-state index in [-0.39, 0.29) is 30.2 Å². The van der Waals surface area contributed by atoms with Crippen LogP contribution in [0, 0.1) is 12.8 Å². The molecule has 2 atom stereocenters.